The lowest BCUT2D eigenvalue weighted by molar-refractivity contribution is 0.683. The zero-order valence-corrected chi connectivity index (χ0v) is 9.32. The fourth-order valence-electron chi connectivity index (χ4n) is 2.52. The number of pyridine rings is 1. The van der Waals surface area contributed by atoms with E-state index in [4.69, 9.17) is 0 Å². The van der Waals surface area contributed by atoms with Crippen LogP contribution in [-0.2, 0) is 12.8 Å². The summed E-state index contributed by atoms with van der Waals surface area (Å²) >= 11 is 0. The maximum Gasteiger partial charge on any atom is 0.0349 e. The molecule has 1 aromatic carbocycles. The predicted octanol–water partition coefficient (Wildman–Crippen LogP) is 3.63. The fraction of sp³-hybridized carbons (Fsp3) is 0.267. The summed E-state index contributed by atoms with van der Waals surface area (Å²) in [6.45, 7) is 0. The van der Waals surface area contributed by atoms with E-state index in [9.17, 15) is 0 Å². The quantitative estimate of drug-likeness (QED) is 0.699. The Morgan fingerprint density at radius 3 is 2.56 bits per heavy atom. The third-order valence-electron chi connectivity index (χ3n) is 3.35. The van der Waals surface area contributed by atoms with E-state index < -0.39 is 0 Å². The van der Waals surface area contributed by atoms with E-state index in [0.717, 1.165) is 0 Å². The molecule has 0 amide bonds. The summed E-state index contributed by atoms with van der Waals surface area (Å²) in [5, 5.41) is 0. The van der Waals surface area contributed by atoms with Gasteiger partial charge in [-0.05, 0) is 42.4 Å². The molecule has 0 N–H and O–H groups in total. The van der Waals surface area contributed by atoms with Gasteiger partial charge in [-0.2, -0.15) is 0 Å². The topological polar surface area (TPSA) is 12.9 Å². The molecule has 0 atom stereocenters. The average molecular weight is 209 g/mol. The van der Waals surface area contributed by atoms with Crippen LogP contribution in [0.5, 0.6) is 0 Å². The van der Waals surface area contributed by atoms with Gasteiger partial charge in [0.2, 0.25) is 0 Å². The molecule has 0 fully saturated rings. The van der Waals surface area contributed by atoms with Crippen molar-refractivity contribution in [2.75, 3.05) is 0 Å². The molecule has 1 heterocycles. The largest absolute Gasteiger partial charge is 0.264 e. The van der Waals surface area contributed by atoms with Crippen LogP contribution in [0.25, 0.3) is 11.1 Å². The zero-order chi connectivity index (χ0) is 10.8. The summed E-state index contributed by atoms with van der Waals surface area (Å²) in [5.41, 5.74) is 5.60. The monoisotopic (exact) mass is 209 g/mol. The molecule has 1 nitrogen and oxygen atoms in total. The first kappa shape index (κ1) is 9.59. The predicted molar refractivity (Wildman–Crippen MR) is 66.3 cm³/mol. The number of hydrogen-bond acceptors (Lipinski definition) is 1. The number of hydrogen-bond donors (Lipinski definition) is 0. The fourth-order valence-corrected chi connectivity index (χ4v) is 2.52. The van der Waals surface area contributed by atoms with Crippen molar-refractivity contribution in [2.24, 2.45) is 0 Å². The number of fused-ring (bicyclic) bond motifs is 1. The van der Waals surface area contributed by atoms with E-state index in [1.807, 2.05) is 12.4 Å². The lowest BCUT2D eigenvalue weighted by Gasteiger charge is -2.18. The van der Waals surface area contributed by atoms with Gasteiger partial charge in [-0.1, -0.05) is 30.3 Å². The van der Waals surface area contributed by atoms with Gasteiger partial charge in [0.05, 0.1) is 0 Å². The highest BCUT2D eigenvalue weighted by molar-refractivity contribution is 5.67. The second kappa shape index (κ2) is 4.09. The minimum atomic E-state index is 1.20. The summed E-state index contributed by atoms with van der Waals surface area (Å²) in [7, 11) is 0. The van der Waals surface area contributed by atoms with Gasteiger partial charge < -0.3 is 0 Å². The molecular formula is C15H15N. The number of rotatable bonds is 1. The summed E-state index contributed by atoms with van der Waals surface area (Å²) < 4.78 is 0. The molecule has 0 bridgehead atoms. The van der Waals surface area contributed by atoms with Gasteiger partial charge in [-0.25, -0.2) is 0 Å². The average Bonchev–Trinajstić information content (AvgIpc) is 2.39. The number of aromatic nitrogens is 1. The Hall–Kier alpha value is -1.63. The smallest absolute Gasteiger partial charge is 0.0349 e. The normalized spacial score (nSPS) is 14.5. The number of nitrogens with zero attached hydrogens (tertiary/aromatic N) is 1. The molecule has 1 aromatic heterocycles. The van der Waals surface area contributed by atoms with Crippen LogP contribution in [0, 0.1) is 0 Å². The van der Waals surface area contributed by atoms with Crippen molar-refractivity contribution >= 4 is 0 Å². The molecular weight excluding hydrogens is 194 g/mol. The van der Waals surface area contributed by atoms with Crippen LogP contribution >= 0.6 is 0 Å². The van der Waals surface area contributed by atoms with E-state index in [0.29, 0.717) is 0 Å². The van der Waals surface area contributed by atoms with Gasteiger partial charge in [0.1, 0.15) is 0 Å². The second-order valence-electron chi connectivity index (χ2n) is 4.40. The van der Waals surface area contributed by atoms with Crippen molar-refractivity contribution in [1.82, 2.24) is 4.98 Å². The SMILES string of the molecule is c1ccc(-c2cncc3c2CCCC3)cc1. The molecule has 80 valence electrons. The van der Waals surface area contributed by atoms with Crippen LogP contribution in [0.4, 0.5) is 0 Å². The van der Waals surface area contributed by atoms with Gasteiger partial charge in [0, 0.05) is 18.0 Å². The van der Waals surface area contributed by atoms with Crippen molar-refractivity contribution in [3.05, 3.63) is 53.9 Å². The maximum atomic E-state index is 4.37. The minimum Gasteiger partial charge on any atom is -0.264 e. The summed E-state index contributed by atoms with van der Waals surface area (Å²) in [4.78, 5) is 4.37. The Kier molecular flexibility index (Phi) is 2.45. The first-order chi connectivity index (χ1) is 7.95. The van der Waals surface area contributed by atoms with Crippen molar-refractivity contribution in [3.8, 4) is 11.1 Å². The van der Waals surface area contributed by atoms with Crippen LogP contribution in [0.2, 0.25) is 0 Å². The molecule has 0 radical (unpaired) electrons. The van der Waals surface area contributed by atoms with E-state index in [2.05, 4.69) is 35.3 Å². The van der Waals surface area contributed by atoms with Crippen molar-refractivity contribution < 1.29 is 0 Å². The minimum absolute atomic E-state index is 1.20. The van der Waals surface area contributed by atoms with Crippen molar-refractivity contribution in [2.45, 2.75) is 25.7 Å². The molecule has 0 aliphatic heterocycles. The van der Waals surface area contributed by atoms with Gasteiger partial charge in [0.15, 0.2) is 0 Å². The van der Waals surface area contributed by atoms with Gasteiger partial charge in [-0.3, -0.25) is 4.98 Å². The van der Waals surface area contributed by atoms with E-state index in [1.165, 1.54) is 47.9 Å². The Morgan fingerprint density at radius 2 is 1.69 bits per heavy atom. The van der Waals surface area contributed by atoms with E-state index >= 15 is 0 Å². The zero-order valence-electron chi connectivity index (χ0n) is 9.32. The highest BCUT2D eigenvalue weighted by Crippen LogP contribution is 2.30. The van der Waals surface area contributed by atoms with E-state index in [1.54, 1.807) is 0 Å². The molecule has 3 rings (SSSR count). The first-order valence-electron chi connectivity index (χ1n) is 5.96. The summed E-state index contributed by atoms with van der Waals surface area (Å²) in [6.07, 6.45) is 9.09. The first-order valence-corrected chi connectivity index (χ1v) is 5.96. The van der Waals surface area contributed by atoms with Crippen LogP contribution in [0.15, 0.2) is 42.7 Å². The maximum absolute atomic E-state index is 4.37. The molecule has 0 unspecified atom stereocenters. The molecule has 1 aliphatic carbocycles. The summed E-state index contributed by atoms with van der Waals surface area (Å²) in [6, 6.07) is 10.6. The summed E-state index contributed by atoms with van der Waals surface area (Å²) in [5.74, 6) is 0. The third kappa shape index (κ3) is 1.63. The third-order valence-corrected chi connectivity index (χ3v) is 3.35. The lowest BCUT2D eigenvalue weighted by Crippen LogP contribution is -2.05. The van der Waals surface area contributed by atoms with Gasteiger partial charge in [0.25, 0.3) is 0 Å². The Labute approximate surface area is 96.2 Å². The van der Waals surface area contributed by atoms with Gasteiger partial charge in [-0.15, -0.1) is 0 Å². The Morgan fingerprint density at radius 1 is 0.875 bits per heavy atom. The van der Waals surface area contributed by atoms with E-state index in [-0.39, 0.29) is 0 Å². The second-order valence-corrected chi connectivity index (χ2v) is 4.40. The molecule has 2 aromatic rings. The molecule has 0 spiro atoms. The standard InChI is InChI=1S/C15H15N/c1-2-6-12(7-3-1)15-11-16-10-13-8-4-5-9-14(13)15/h1-3,6-7,10-11H,4-5,8-9H2. The van der Waals surface area contributed by atoms with Crippen LogP contribution in [0.3, 0.4) is 0 Å². The van der Waals surface area contributed by atoms with Crippen LogP contribution in [0.1, 0.15) is 24.0 Å². The number of aryl methyl sites for hydroxylation is 1. The van der Waals surface area contributed by atoms with Crippen molar-refractivity contribution in [3.63, 3.8) is 0 Å². The highest BCUT2D eigenvalue weighted by Gasteiger charge is 2.14. The molecule has 0 saturated carbocycles. The molecule has 0 saturated heterocycles. The lowest BCUT2D eigenvalue weighted by atomic mass is 9.88. The van der Waals surface area contributed by atoms with Crippen LogP contribution < -0.4 is 0 Å². The molecule has 16 heavy (non-hydrogen) atoms. The molecule has 1 heteroatoms. The molecule has 1 aliphatic rings. The Bertz CT molecular complexity index is 488. The van der Waals surface area contributed by atoms with Crippen LogP contribution in [-0.4, -0.2) is 4.98 Å². The number of benzene rings is 1. The Balaban J connectivity index is 2.14. The van der Waals surface area contributed by atoms with Crippen molar-refractivity contribution in [1.29, 1.82) is 0 Å². The van der Waals surface area contributed by atoms with Gasteiger partial charge >= 0.3 is 0 Å². The highest BCUT2D eigenvalue weighted by atomic mass is 14.6.